The van der Waals surface area contributed by atoms with Crippen molar-refractivity contribution in [2.75, 3.05) is 23.0 Å². The number of amides is 1. The van der Waals surface area contributed by atoms with Crippen LogP contribution in [0.1, 0.15) is 67.0 Å². The molecule has 1 heterocycles. The first-order chi connectivity index (χ1) is 17.7. The summed E-state index contributed by atoms with van der Waals surface area (Å²) in [6.07, 6.45) is -8.72. The fourth-order valence-corrected chi connectivity index (χ4v) is 4.62. The third kappa shape index (κ3) is 6.00. The molecule has 0 aliphatic carbocycles. The smallest absolute Gasteiger partial charge is 0.416 e. The van der Waals surface area contributed by atoms with Crippen molar-refractivity contribution in [2.24, 2.45) is 0 Å². The van der Waals surface area contributed by atoms with E-state index in [0.717, 1.165) is 17.5 Å². The summed E-state index contributed by atoms with van der Waals surface area (Å²) in [6.45, 7) is 7.36. The van der Waals surface area contributed by atoms with Gasteiger partial charge in [-0.1, -0.05) is 19.8 Å². The lowest BCUT2D eigenvalue weighted by atomic mass is 9.94. The fraction of sp³-hybridized carbons (Fsp3) is 0.481. The van der Waals surface area contributed by atoms with Crippen molar-refractivity contribution in [3.63, 3.8) is 0 Å². The molecule has 0 spiro atoms. The number of nitriles is 1. The van der Waals surface area contributed by atoms with Crippen LogP contribution in [-0.2, 0) is 17.1 Å². The number of rotatable bonds is 6. The van der Waals surface area contributed by atoms with Crippen LogP contribution in [0.2, 0.25) is 0 Å². The molecule has 0 radical (unpaired) electrons. The highest BCUT2D eigenvalue weighted by molar-refractivity contribution is 5.95. The molecule has 0 saturated heterocycles. The summed E-state index contributed by atoms with van der Waals surface area (Å²) in [5.41, 5.74) is -1.07. The lowest BCUT2D eigenvalue weighted by Crippen LogP contribution is -2.52. The van der Waals surface area contributed by atoms with Crippen LogP contribution < -0.4 is 9.80 Å². The highest BCUT2D eigenvalue weighted by Crippen LogP contribution is 2.44. The van der Waals surface area contributed by atoms with Crippen molar-refractivity contribution in [1.82, 2.24) is 0 Å². The molecule has 2 aromatic rings. The quantitative estimate of drug-likeness (QED) is 0.348. The van der Waals surface area contributed by atoms with Crippen molar-refractivity contribution in [3.8, 4) is 6.07 Å². The third-order valence-corrected chi connectivity index (χ3v) is 6.65. The average molecular weight is 542 g/mol. The Kier molecular flexibility index (Phi) is 8.54. The highest BCUT2D eigenvalue weighted by atomic mass is 19.4. The summed E-state index contributed by atoms with van der Waals surface area (Å²) < 4.78 is 86.7. The molecule has 0 aromatic heterocycles. The third-order valence-electron chi connectivity index (χ3n) is 6.65. The van der Waals surface area contributed by atoms with E-state index in [-0.39, 0.29) is 19.2 Å². The van der Waals surface area contributed by atoms with Gasteiger partial charge in [-0.2, -0.15) is 31.6 Å². The fourth-order valence-electron chi connectivity index (χ4n) is 4.62. The number of unbranched alkanes of at least 4 members (excludes halogenated alkanes) is 1. The minimum Gasteiger partial charge on any atom is -0.449 e. The maximum Gasteiger partial charge on any atom is 0.416 e. The van der Waals surface area contributed by atoms with E-state index in [1.807, 2.05) is 19.9 Å². The van der Waals surface area contributed by atoms with Gasteiger partial charge in [0.05, 0.1) is 41.2 Å². The van der Waals surface area contributed by atoms with Gasteiger partial charge in [-0.25, -0.2) is 4.79 Å². The van der Waals surface area contributed by atoms with E-state index in [2.05, 4.69) is 0 Å². The molecule has 206 valence electrons. The molecule has 1 aliphatic heterocycles. The number of alkyl halides is 6. The van der Waals surface area contributed by atoms with Gasteiger partial charge < -0.3 is 9.64 Å². The topological polar surface area (TPSA) is 56.6 Å². The number of hydrogen-bond donors (Lipinski definition) is 0. The molecule has 1 amide bonds. The SMILES string of the molecule is CCCC[C@@H]1CN([C@H](C#N)c2cc(C(F)(F)F)cc(C(F)(F)F)c2)c2cc(C)c(C)cc2N1C(=O)OCC. The Labute approximate surface area is 217 Å². The Bertz CT molecular complexity index is 1190. The summed E-state index contributed by atoms with van der Waals surface area (Å²) in [6, 6.07) is 4.56. The second-order valence-corrected chi connectivity index (χ2v) is 9.31. The predicted octanol–water partition coefficient (Wildman–Crippen LogP) is 7.95. The van der Waals surface area contributed by atoms with Crippen molar-refractivity contribution in [2.45, 2.75) is 71.4 Å². The number of ether oxygens (including phenoxy) is 1. The first-order valence-electron chi connectivity index (χ1n) is 12.3. The number of carbonyl (C=O) groups excluding carboxylic acids is 1. The molecule has 0 unspecified atom stereocenters. The minimum atomic E-state index is -5.05. The molecule has 0 N–H and O–H groups in total. The maximum absolute atomic E-state index is 13.6. The van der Waals surface area contributed by atoms with Gasteiger partial charge >= 0.3 is 18.4 Å². The van der Waals surface area contributed by atoms with Crippen molar-refractivity contribution >= 4 is 17.5 Å². The molecule has 5 nitrogen and oxygen atoms in total. The van der Waals surface area contributed by atoms with Crippen LogP contribution in [0.4, 0.5) is 42.5 Å². The average Bonchev–Trinajstić information content (AvgIpc) is 2.83. The number of nitrogens with zero attached hydrogens (tertiary/aromatic N) is 3. The van der Waals surface area contributed by atoms with E-state index >= 15 is 0 Å². The van der Waals surface area contributed by atoms with Crippen LogP contribution >= 0.6 is 0 Å². The summed E-state index contributed by atoms with van der Waals surface area (Å²) in [5, 5.41) is 10.1. The lowest BCUT2D eigenvalue weighted by Gasteiger charge is -2.45. The molecule has 0 bridgehead atoms. The number of aryl methyl sites for hydroxylation is 2. The van der Waals surface area contributed by atoms with Crippen LogP contribution in [-0.4, -0.2) is 25.3 Å². The lowest BCUT2D eigenvalue weighted by molar-refractivity contribution is -0.143. The summed E-state index contributed by atoms with van der Waals surface area (Å²) in [7, 11) is 0. The molecule has 1 aliphatic rings. The summed E-state index contributed by atoms with van der Waals surface area (Å²) in [4.78, 5) is 16.0. The van der Waals surface area contributed by atoms with Crippen LogP contribution in [0.5, 0.6) is 0 Å². The molecule has 0 saturated carbocycles. The number of fused-ring (bicyclic) bond motifs is 1. The predicted molar refractivity (Wildman–Crippen MR) is 131 cm³/mol. The molecule has 2 aromatic carbocycles. The Balaban J connectivity index is 2.25. The van der Waals surface area contributed by atoms with Crippen molar-refractivity contribution in [3.05, 3.63) is 58.1 Å². The maximum atomic E-state index is 13.6. The van der Waals surface area contributed by atoms with Crippen LogP contribution in [0.15, 0.2) is 30.3 Å². The van der Waals surface area contributed by atoms with Gasteiger partial charge in [0.1, 0.15) is 6.04 Å². The van der Waals surface area contributed by atoms with Crippen molar-refractivity contribution in [1.29, 1.82) is 5.26 Å². The van der Waals surface area contributed by atoms with Crippen molar-refractivity contribution < 1.29 is 35.9 Å². The monoisotopic (exact) mass is 541 g/mol. The van der Waals surface area contributed by atoms with E-state index in [9.17, 15) is 36.4 Å². The number of benzene rings is 2. The van der Waals surface area contributed by atoms with E-state index in [0.29, 0.717) is 36.3 Å². The van der Waals surface area contributed by atoms with E-state index < -0.39 is 47.2 Å². The van der Waals surface area contributed by atoms with Gasteiger partial charge in [0.25, 0.3) is 0 Å². The van der Waals surface area contributed by atoms with Crippen LogP contribution in [0.25, 0.3) is 0 Å². The standard InChI is InChI=1S/C27H29F6N3O2/c1-5-7-8-21-15-35(22-9-16(3)17(4)10-23(22)36(21)25(37)38-6-2)24(14-34)18-11-19(26(28,29)30)13-20(12-18)27(31,32)33/h9-13,21,24H,5-8,15H2,1-4H3/t21-,24-/m1/s1. The zero-order chi connectivity index (χ0) is 28.4. The normalized spacial score (nSPS) is 16.6. The van der Waals surface area contributed by atoms with Crippen LogP contribution in [0, 0.1) is 25.2 Å². The first-order valence-corrected chi connectivity index (χ1v) is 12.3. The van der Waals surface area contributed by atoms with E-state index in [4.69, 9.17) is 4.74 Å². The van der Waals surface area contributed by atoms with Gasteiger partial charge in [-0.15, -0.1) is 0 Å². The molecular formula is C27H29F6N3O2. The van der Waals surface area contributed by atoms with E-state index in [1.54, 1.807) is 26.0 Å². The van der Waals surface area contributed by atoms with Gasteiger partial charge in [-0.3, -0.25) is 4.90 Å². The first kappa shape index (κ1) is 29.1. The Morgan fingerprint density at radius 3 is 2.03 bits per heavy atom. The van der Waals surface area contributed by atoms with E-state index in [1.165, 1.54) is 9.80 Å². The Morgan fingerprint density at radius 1 is 1.00 bits per heavy atom. The molecular weight excluding hydrogens is 512 g/mol. The van der Waals surface area contributed by atoms with Gasteiger partial charge in [0.15, 0.2) is 0 Å². The molecule has 2 atom stereocenters. The number of carbonyl (C=O) groups is 1. The largest absolute Gasteiger partial charge is 0.449 e. The highest BCUT2D eigenvalue weighted by Gasteiger charge is 2.41. The molecule has 0 fully saturated rings. The van der Waals surface area contributed by atoms with Crippen LogP contribution in [0.3, 0.4) is 0 Å². The molecule has 3 rings (SSSR count). The second-order valence-electron chi connectivity index (χ2n) is 9.31. The summed E-state index contributed by atoms with van der Waals surface area (Å²) >= 11 is 0. The molecule has 38 heavy (non-hydrogen) atoms. The summed E-state index contributed by atoms with van der Waals surface area (Å²) in [5.74, 6) is 0. The number of anilines is 2. The zero-order valence-electron chi connectivity index (χ0n) is 21.5. The Hall–Kier alpha value is -3.42. The van der Waals surface area contributed by atoms with Gasteiger partial charge in [-0.05, 0) is 74.2 Å². The zero-order valence-corrected chi connectivity index (χ0v) is 21.5. The molecule has 11 heteroatoms. The van der Waals surface area contributed by atoms with Gasteiger partial charge in [0.2, 0.25) is 0 Å². The minimum absolute atomic E-state index is 0.0180. The number of halogens is 6. The Morgan fingerprint density at radius 2 is 1.55 bits per heavy atom. The second kappa shape index (κ2) is 11.1. The van der Waals surface area contributed by atoms with Gasteiger partial charge in [0, 0.05) is 6.54 Å². The number of hydrogen-bond acceptors (Lipinski definition) is 4.